The highest BCUT2D eigenvalue weighted by Crippen LogP contribution is 2.38. The number of carboxylic acid groups (broad SMARTS) is 1. The van der Waals surface area contributed by atoms with E-state index in [1.165, 1.54) is 23.9 Å². The molecule has 1 aliphatic rings. The van der Waals surface area contributed by atoms with Crippen LogP contribution in [0.25, 0.3) is 33.3 Å². The van der Waals surface area contributed by atoms with Crippen LogP contribution in [-0.2, 0) is 13.6 Å². The third-order valence-electron chi connectivity index (χ3n) is 6.55. The van der Waals surface area contributed by atoms with Crippen LogP contribution in [0.2, 0.25) is 0 Å². The molecule has 5 rings (SSSR count). The molecule has 1 fully saturated rings. The monoisotopic (exact) mass is 498 g/mol. The van der Waals surface area contributed by atoms with Gasteiger partial charge >= 0.3 is 5.97 Å². The molecule has 1 aliphatic heterocycles. The third-order valence-corrected chi connectivity index (χ3v) is 6.55. The molecule has 2 heterocycles. The van der Waals surface area contributed by atoms with E-state index in [0.717, 1.165) is 50.0 Å². The largest absolute Gasteiger partial charge is 0.478 e. The lowest BCUT2D eigenvalue weighted by molar-refractivity contribution is 0.0698. The molecule has 0 amide bonds. The molecular weight excluding hydrogens is 476 g/mol. The first-order chi connectivity index (χ1) is 17.3. The van der Waals surface area contributed by atoms with Gasteiger partial charge in [-0.15, -0.1) is 5.10 Å². The van der Waals surface area contributed by atoms with Gasteiger partial charge in [-0.05, 0) is 60.8 Å². The minimum atomic E-state index is -1.62. The number of aryl methyl sites for hydroxylation is 1. The SMILES string of the molecule is Cn1nnc2cc(-c3c(F)c(F)c(-c4cccc(CN5CCCCC5)c4)c(F)c3F)cc(C(=O)O)c21. The summed E-state index contributed by atoms with van der Waals surface area (Å²) in [7, 11) is 1.45. The first-order valence-electron chi connectivity index (χ1n) is 11.5. The van der Waals surface area contributed by atoms with E-state index in [0.29, 0.717) is 6.54 Å². The van der Waals surface area contributed by atoms with Gasteiger partial charge in [-0.1, -0.05) is 29.8 Å². The van der Waals surface area contributed by atoms with Gasteiger partial charge in [0.2, 0.25) is 0 Å². The molecule has 36 heavy (non-hydrogen) atoms. The molecule has 1 aromatic heterocycles. The van der Waals surface area contributed by atoms with E-state index in [9.17, 15) is 9.90 Å². The molecule has 10 heteroatoms. The fourth-order valence-electron chi connectivity index (χ4n) is 4.84. The van der Waals surface area contributed by atoms with Crippen LogP contribution < -0.4 is 0 Å². The maximum atomic E-state index is 15.3. The molecule has 3 aromatic carbocycles. The number of benzene rings is 3. The van der Waals surface area contributed by atoms with Crippen molar-refractivity contribution in [1.29, 1.82) is 0 Å². The number of hydrogen-bond donors (Lipinski definition) is 1. The van der Waals surface area contributed by atoms with Crippen LogP contribution in [0.5, 0.6) is 0 Å². The van der Waals surface area contributed by atoms with E-state index < -0.39 is 40.4 Å². The lowest BCUT2D eigenvalue weighted by atomic mass is 9.95. The van der Waals surface area contributed by atoms with Crippen molar-refractivity contribution < 1.29 is 27.5 Å². The Balaban J connectivity index is 1.61. The van der Waals surface area contributed by atoms with Crippen molar-refractivity contribution in [3.05, 3.63) is 70.8 Å². The Morgan fingerprint density at radius 2 is 1.56 bits per heavy atom. The molecule has 0 spiro atoms. The normalized spacial score (nSPS) is 14.5. The summed E-state index contributed by atoms with van der Waals surface area (Å²) in [5.74, 6) is -7.77. The number of aromatic nitrogens is 3. The van der Waals surface area contributed by atoms with Gasteiger partial charge in [-0.25, -0.2) is 27.0 Å². The van der Waals surface area contributed by atoms with Crippen molar-refractivity contribution in [3.8, 4) is 22.3 Å². The standard InChI is InChI=1S/C26H22F4N4O2/c1-33-25-17(26(35)36)11-16(12-18(25)31-32-33)20-23(29)21(27)19(22(28)24(20)30)15-7-5-6-14(10-15)13-34-8-3-2-4-9-34/h5-7,10-12H,2-4,8-9,13H2,1H3,(H,35,36). The van der Waals surface area contributed by atoms with Crippen molar-refractivity contribution in [2.75, 3.05) is 13.1 Å². The number of likely N-dealkylation sites (tertiary alicyclic amines) is 1. The van der Waals surface area contributed by atoms with Crippen LogP contribution in [-0.4, -0.2) is 44.1 Å². The highest BCUT2D eigenvalue weighted by atomic mass is 19.2. The Morgan fingerprint density at radius 1 is 0.917 bits per heavy atom. The van der Waals surface area contributed by atoms with Gasteiger partial charge < -0.3 is 5.11 Å². The summed E-state index contributed by atoms with van der Waals surface area (Å²) in [4.78, 5) is 14.0. The van der Waals surface area contributed by atoms with Gasteiger partial charge in [-0.3, -0.25) is 4.90 Å². The van der Waals surface area contributed by atoms with Crippen molar-refractivity contribution in [3.63, 3.8) is 0 Å². The molecule has 4 aromatic rings. The number of rotatable bonds is 5. The maximum Gasteiger partial charge on any atom is 0.337 e. The fourth-order valence-corrected chi connectivity index (χ4v) is 4.84. The molecule has 0 atom stereocenters. The van der Waals surface area contributed by atoms with Crippen LogP contribution in [0.4, 0.5) is 17.6 Å². The average Bonchev–Trinajstić information content (AvgIpc) is 3.24. The number of aromatic carboxylic acids is 1. The van der Waals surface area contributed by atoms with E-state index in [-0.39, 0.29) is 27.7 Å². The number of hydrogen-bond acceptors (Lipinski definition) is 4. The lowest BCUT2D eigenvalue weighted by Gasteiger charge is -2.26. The first kappa shape index (κ1) is 23.9. The molecule has 6 nitrogen and oxygen atoms in total. The molecular formula is C26H22F4N4O2. The molecule has 0 aliphatic carbocycles. The van der Waals surface area contributed by atoms with E-state index in [1.54, 1.807) is 12.1 Å². The number of carboxylic acids is 1. The number of carbonyl (C=O) groups is 1. The van der Waals surface area contributed by atoms with Crippen LogP contribution in [0.15, 0.2) is 36.4 Å². The predicted octanol–water partition coefficient (Wildman–Crippen LogP) is 5.54. The number of nitrogens with zero attached hydrogens (tertiary/aromatic N) is 4. The van der Waals surface area contributed by atoms with Gasteiger partial charge in [0, 0.05) is 13.6 Å². The lowest BCUT2D eigenvalue weighted by Crippen LogP contribution is -2.29. The van der Waals surface area contributed by atoms with Gasteiger partial charge in [0.1, 0.15) is 11.0 Å². The molecule has 0 saturated carbocycles. The smallest absolute Gasteiger partial charge is 0.337 e. The Labute approximate surface area is 203 Å². The Kier molecular flexibility index (Phi) is 6.21. The molecule has 0 radical (unpaired) electrons. The number of fused-ring (bicyclic) bond motifs is 1. The van der Waals surface area contributed by atoms with Gasteiger partial charge in [0.15, 0.2) is 23.3 Å². The quantitative estimate of drug-likeness (QED) is 0.289. The van der Waals surface area contributed by atoms with E-state index >= 15 is 17.6 Å². The molecule has 0 unspecified atom stereocenters. The third kappa shape index (κ3) is 4.11. The van der Waals surface area contributed by atoms with E-state index in [2.05, 4.69) is 15.2 Å². The summed E-state index contributed by atoms with van der Waals surface area (Å²) in [6, 6.07) is 8.43. The summed E-state index contributed by atoms with van der Waals surface area (Å²) in [5.41, 5.74) is -1.63. The first-order valence-corrected chi connectivity index (χ1v) is 11.5. The summed E-state index contributed by atoms with van der Waals surface area (Å²) in [6.07, 6.45) is 3.31. The second-order valence-electron chi connectivity index (χ2n) is 8.95. The molecule has 0 bridgehead atoms. The second-order valence-corrected chi connectivity index (χ2v) is 8.95. The van der Waals surface area contributed by atoms with Crippen LogP contribution in [0.3, 0.4) is 0 Å². The van der Waals surface area contributed by atoms with Crippen molar-refractivity contribution in [2.45, 2.75) is 25.8 Å². The molecule has 1 saturated heterocycles. The Bertz CT molecular complexity index is 1470. The highest BCUT2D eigenvalue weighted by Gasteiger charge is 2.29. The number of halogens is 4. The average molecular weight is 498 g/mol. The fraction of sp³-hybridized carbons (Fsp3) is 0.269. The van der Waals surface area contributed by atoms with Gasteiger partial charge in [0.25, 0.3) is 0 Å². The summed E-state index contributed by atoms with van der Waals surface area (Å²) in [5, 5.41) is 17.1. The predicted molar refractivity (Wildman–Crippen MR) is 125 cm³/mol. The van der Waals surface area contributed by atoms with Crippen LogP contribution in [0.1, 0.15) is 35.2 Å². The van der Waals surface area contributed by atoms with Crippen LogP contribution in [0, 0.1) is 23.3 Å². The zero-order valence-electron chi connectivity index (χ0n) is 19.4. The molecule has 186 valence electrons. The number of piperidine rings is 1. The summed E-state index contributed by atoms with van der Waals surface area (Å²) >= 11 is 0. The Morgan fingerprint density at radius 3 is 2.19 bits per heavy atom. The maximum absolute atomic E-state index is 15.3. The van der Waals surface area contributed by atoms with Gasteiger partial charge in [0.05, 0.1) is 16.7 Å². The highest BCUT2D eigenvalue weighted by molar-refractivity contribution is 6.03. The zero-order valence-corrected chi connectivity index (χ0v) is 19.4. The topological polar surface area (TPSA) is 71.2 Å². The second kappa shape index (κ2) is 9.34. The van der Waals surface area contributed by atoms with Crippen LogP contribution >= 0.6 is 0 Å². The Hall–Kier alpha value is -3.79. The zero-order chi connectivity index (χ0) is 25.6. The van der Waals surface area contributed by atoms with Gasteiger partial charge in [-0.2, -0.15) is 0 Å². The van der Waals surface area contributed by atoms with Crippen molar-refractivity contribution in [1.82, 2.24) is 19.9 Å². The van der Waals surface area contributed by atoms with Crippen molar-refractivity contribution in [2.24, 2.45) is 7.05 Å². The summed E-state index contributed by atoms with van der Waals surface area (Å²) < 4.78 is 62.4. The summed E-state index contributed by atoms with van der Waals surface area (Å²) in [6.45, 7) is 2.40. The van der Waals surface area contributed by atoms with E-state index in [1.807, 2.05) is 0 Å². The molecule has 1 N–H and O–H groups in total. The van der Waals surface area contributed by atoms with Crippen molar-refractivity contribution >= 4 is 17.0 Å². The van der Waals surface area contributed by atoms with E-state index in [4.69, 9.17) is 0 Å². The minimum absolute atomic E-state index is 0.0134. The minimum Gasteiger partial charge on any atom is -0.478 e.